The van der Waals surface area contributed by atoms with Gasteiger partial charge in [-0.3, -0.25) is 9.69 Å². The standard InChI is InChI=1S/C11H12N2O/c1-13-9-8(4-2-7-12-9)11(10(13)14)5-3-6-11/h2,4,7H,3,5-6H2,1H3. The summed E-state index contributed by atoms with van der Waals surface area (Å²) in [6, 6.07) is 3.97. The van der Waals surface area contributed by atoms with Crippen molar-refractivity contribution in [1.82, 2.24) is 4.98 Å². The second-order valence-corrected chi connectivity index (χ2v) is 4.17. The van der Waals surface area contributed by atoms with Crippen molar-refractivity contribution < 1.29 is 4.79 Å². The second-order valence-electron chi connectivity index (χ2n) is 4.17. The molecule has 1 aliphatic heterocycles. The van der Waals surface area contributed by atoms with E-state index in [1.807, 2.05) is 19.2 Å². The minimum absolute atomic E-state index is 0.196. The van der Waals surface area contributed by atoms with Crippen molar-refractivity contribution >= 4 is 11.7 Å². The lowest BCUT2D eigenvalue weighted by molar-refractivity contribution is -0.125. The minimum Gasteiger partial charge on any atom is -0.299 e. The summed E-state index contributed by atoms with van der Waals surface area (Å²) in [6.07, 6.45) is 4.90. The highest BCUT2D eigenvalue weighted by atomic mass is 16.2. The van der Waals surface area contributed by atoms with Crippen LogP contribution in [0.5, 0.6) is 0 Å². The largest absolute Gasteiger partial charge is 0.299 e. The Kier molecular flexibility index (Phi) is 1.34. The van der Waals surface area contributed by atoms with Gasteiger partial charge in [0.15, 0.2) is 0 Å². The van der Waals surface area contributed by atoms with Crippen LogP contribution in [0.3, 0.4) is 0 Å². The predicted molar refractivity (Wildman–Crippen MR) is 53.2 cm³/mol. The number of aromatic nitrogens is 1. The van der Waals surface area contributed by atoms with Crippen LogP contribution in [0.1, 0.15) is 24.8 Å². The van der Waals surface area contributed by atoms with Gasteiger partial charge in [-0.25, -0.2) is 4.98 Å². The number of pyridine rings is 1. The van der Waals surface area contributed by atoms with E-state index in [-0.39, 0.29) is 11.3 Å². The van der Waals surface area contributed by atoms with Crippen molar-refractivity contribution in [2.45, 2.75) is 24.7 Å². The maximum atomic E-state index is 12.1. The quantitative estimate of drug-likeness (QED) is 0.618. The maximum Gasteiger partial charge on any atom is 0.238 e. The van der Waals surface area contributed by atoms with Crippen molar-refractivity contribution in [3.05, 3.63) is 23.9 Å². The molecule has 1 spiro atoms. The molecule has 1 saturated carbocycles. The van der Waals surface area contributed by atoms with Gasteiger partial charge < -0.3 is 0 Å². The van der Waals surface area contributed by atoms with Gasteiger partial charge in [0.1, 0.15) is 5.82 Å². The first-order chi connectivity index (χ1) is 6.76. The summed E-state index contributed by atoms with van der Waals surface area (Å²) in [5.74, 6) is 1.09. The Bertz CT molecular complexity index is 410. The van der Waals surface area contributed by atoms with Crippen LogP contribution in [0.25, 0.3) is 0 Å². The van der Waals surface area contributed by atoms with E-state index >= 15 is 0 Å². The Labute approximate surface area is 82.8 Å². The van der Waals surface area contributed by atoms with Crippen molar-refractivity contribution in [2.24, 2.45) is 0 Å². The summed E-state index contributed by atoms with van der Waals surface area (Å²) in [6.45, 7) is 0. The lowest BCUT2D eigenvalue weighted by Gasteiger charge is -2.36. The van der Waals surface area contributed by atoms with E-state index in [2.05, 4.69) is 4.98 Å². The first-order valence-corrected chi connectivity index (χ1v) is 4.99. The zero-order chi connectivity index (χ0) is 9.76. The van der Waals surface area contributed by atoms with E-state index in [0.717, 1.165) is 30.6 Å². The number of nitrogens with zero attached hydrogens (tertiary/aromatic N) is 2. The maximum absolute atomic E-state index is 12.1. The molecule has 72 valence electrons. The predicted octanol–water partition coefficient (Wildman–Crippen LogP) is 1.48. The molecule has 2 heterocycles. The third-order valence-corrected chi connectivity index (χ3v) is 3.54. The molecule has 0 aromatic carbocycles. The van der Waals surface area contributed by atoms with Crippen LogP contribution in [0.2, 0.25) is 0 Å². The van der Waals surface area contributed by atoms with Gasteiger partial charge in [-0.2, -0.15) is 0 Å². The van der Waals surface area contributed by atoms with Crippen LogP contribution in [0.4, 0.5) is 5.82 Å². The van der Waals surface area contributed by atoms with E-state index < -0.39 is 0 Å². The average molecular weight is 188 g/mol. The number of amides is 1. The Morgan fingerprint density at radius 1 is 1.50 bits per heavy atom. The number of hydrogen-bond acceptors (Lipinski definition) is 2. The van der Waals surface area contributed by atoms with Gasteiger partial charge in [0.2, 0.25) is 5.91 Å². The van der Waals surface area contributed by atoms with Crippen molar-refractivity contribution in [1.29, 1.82) is 0 Å². The number of rotatable bonds is 0. The molecule has 0 bridgehead atoms. The molecular weight excluding hydrogens is 176 g/mol. The van der Waals surface area contributed by atoms with Crippen LogP contribution in [-0.2, 0) is 10.2 Å². The molecule has 1 aliphatic carbocycles. The molecule has 0 unspecified atom stereocenters. The van der Waals surface area contributed by atoms with Gasteiger partial charge in [0, 0.05) is 18.8 Å². The SMILES string of the molecule is CN1C(=O)C2(CCC2)c2cccnc21. The second kappa shape index (κ2) is 2.35. The Morgan fingerprint density at radius 3 is 2.93 bits per heavy atom. The molecule has 1 aromatic rings. The molecule has 2 aliphatic rings. The molecular formula is C11H12N2O. The normalized spacial score (nSPS) is 22.4. The number of carbonyl (C=O) groups is 1. The molecule has 0 radical (unpaired) electrons. The van der Waals surface area contributed by atoms with Gasteiger partial charge >= 0.3 is 0 Å². The van der Waals surface area contributed by atoms with Crippen molar-refractivity contribution in [3.63, 3.8) is 0 Å². The topological polar surface area (TPSA) is 33.2 Å². The van der Waals surface area contributed by atoms with E-state index in [4.69, 9.17) is 0 Å². The molecule has 1 fully saturated rings. The van der Waals surface area contributed by atoms with E-state index in [1.165, 1.54) is 0 Å². The molecule has 0 saturated heterocycles. The van der Waals surface area contributed by atoms with Crippen LogP contribution >= 0.6 is 0 Å². The van der Waals surface area contributed by atoms with E-state index in [9.17, 15) is 4.79 Å². The first-order valence-electron chi connectivity index (χ1n) is 4.99. The van der Waals surface area contributed by atoms with Gasteiger partial charge in [0.25, 0.3) is 0 Å². The van der Waals surface area contributed by atoms with E-state index in [0.29, 0.717) is 0 Å². The monoisotopic (exact) mass is 188 g/mol. The summed E-state index contributed by atoms with van der Waals surface area (Å²) >= 11 is 0. The minimum atomic E-state index is -0.196. The van der Waals surface area contributed by atoms with E-state index in [1.54, 1.807) is 11.1 Å². The van der Waals surface area contributed by atoms with Crippen LogP contribution in [0, 0.1) is 0 Å². The highest BCUT2D eigenvalue weighted by Gasteiger charge is 2.53. The fraction of sp³-hybridized carbons (Fsp3) is 0.455. The molecule has 3 rings (SSSR count). The van der Waals surface area contributed by atoms with Crippen molar-refractivity contribution in [2.75, 3.05) is 11.9 Å². The Morgan fingerprint density at radius 2 is 2.29 bits per heavy atom. The lowest BCUT2D eigenvalue weighted by atomic mass is 9.65. The number of likely N-dealkylation sites (N-methyl/N-ethyl adjacent to an activating group) is 1. The van der Waals surface area contributed by atoms with Gasteiger partial charge in [-0.15, -0.1) is 0 Å². The van der Waals surface area contributed by atoms with Gasteiger partial charge in [0.05, 0.1) is 5.41 Å². The highest BCUT2D eigenvalue weighted by molar-refractivity contribution is 6.07. The fourth-order valence-electron chi connectivity index (χ4n) is 2.58. The third-order valence-electron chi connectivity index (χ3n) is 3.54. The highest BCUT2D eigenvalue weighted by Crippen LogP contribution is 2.51. The summed E-state index contributed by atoms with van der Waals surface area (Å²) < 4.78 is 0. The number of hydrogen-bond donors (Lipinski definition) is 0. The molecule has 1 amide bonds. The number of fused-ring (bicyclic) bond motifs is 2. The van der Waals surface area contributed by atoms with Gasteiger partial charge in [-0.1, -0.05) is 12.5 Å². The average Bonchev–Trinajstić information content (AvgIpc) is 2.37. The molecule has 14 heavy (non-hydrogen) atoms. The summed E-state index contributed by atoms with van der Waals surface area (Å²) in [5.41, 5.74) is 0.942. The summed E-state index contributed by atoms with van der Waals surface area (Å²) in [5, 5.41) is 0. The fourth-order valence-corrected chi connectivity index (χ4v) is 2.58. The Balaban J connectivity index is 2.23. The molecule has 0 N–H and O–H groups in total. The number of carbonyl (C=O) groups excluding carboxylic acids is 1. The third kappa shape index (κ3) is 0.694. The summed E-state index contributed by atoms with van der Waals surface area (Å²) in [7, 11) is 1.82. The van der Waals surface area contributed by atoms with Gasteiger partial charge in [-0.05, 0) is 18.9 Å². The molecule has 1 aromatic heterocycles. The molecule has 0 atom stereocenters. The smallest absolute Gasteiger partial charge is 0.238 e. The summed E-state index contributed by atoms with van der Waals surface area (Å²) in [4.78, 5) is 18.0. The zero-order valence-corrected chi connectivity index (χ0v) is 8.16. The van der Waals surface area contributed by atoms with Crippen molar-refractivity contribution in [3.8, 4) is 0 Å². The Hall–Kier alpha value is -1.38. The number of anilines is 1. The zero-order valence-electron chi connectivity index (χ0n) is 8.16. The van der Waals surface area contributed by atoms with Crippen LogP contribution in [0.15, 0.2) is 18.3 Å². The van der Waals surface area contributed by atoms with Crippen LogP contribution in [-0.4, -0.2) is 17.9 Å². The lowest BCUT2D eigenvalue weighted by Crippen LogP contribution is -2.43. The molecule has 3 nitrogen and oxygen atoms in total. The molecule has 3 heteroatoms. The first kappa shape index (κ1) is 7.97. The van der Waals surface area contributed by atoms with Crippen LogP contribution < -0.4 is 4.90 Å².